The second kappa shape index (κ2) is 7.70. The van der Waals surface area contributed by atoms with E-state index in [2.05, 4.69) is 27.1 Å². The Hall–Kier alpha value is -2.55. The molecule has 0 unspecified atom stereocenters. The molecule has 0 aliphatic carbocycles. The van der Waals surface area contributed by atoms with Crippen LogP contribution in [0.5, 0.6) is 11.5 Å². The van der Waals surface area contributed by atoms with Crippen LogP contribution >= 0.6 is 34.3 Å². The van der Waals surface area contributed by atoms with Crippen molar-refractivity contribution >= 4 is 39.4 Å². The maximum absolute atomic E-state index is 6.36. The number of aryl methyl sites for hydroxylation is 1. The number of nitrogens with zero attached hydrogens (tertiary/aromatic N) is 3. The van der Waals surface area contributed by atoms with Gasteiger partial charge in [-0.2, -0.15) is 16.4 Å². The van der Waals surface area contributed by atoms with E-state index in [1.54, 1.807) is 28.7 Å². The van der Waals surface area contributed by atoms with Crippen LogP contribution in [0.15, 0.2) is 41.2 Å². The molecule has 29 heavy (non-hydrogen) atoms. The lowest BCUT2D eigenvalue weighted by molar-refractivity contribution is 0.174. The summed E-state index contributed by atoms with van der Waals surface area (Å²) in [4.78, 5) is 5.71. The highest BCUT2D eigenvalue weighted by atomic mass is 35.5. The fourth-order valence-electron chi connectivity index (χ4n) is 3.12. The van der Waals surface area contributed by atoms with Crippen molar-refractivity contribution in [1.82, 2.24) is 14.8 Å². The van der Waals surface area contributed by atoms with Gasteiger partial charge >= 0.3 is 0 Å². The van der Waals surface area contributed by atoms with E-state index in [1.807, 2.05) is 29.9 Å². The Kier molecular flexibility index (Phi) is 4.91. The summed E-state index contributed by atoms with van der Waals surface area (Å²) in [6, 6.07) is 7.85. The van der Waals surface area contributed by atoms with Crippen LogP contribution in [0.1, 0.15) is 16.8 Å². The van der Waals surface area contributed by atoms with Gasteiger partial charge in [0.05, 0.1) is 17.1 Å². The predicted molar refractivity (Wildman–Crippen MR) is 116 cm³/mol. The number of anilines is 1. The Bertz CT molecular complexity index is 1150. The van der Waals surface area contributed by atoms with Gasteiger partial charge in [-0.3, -0.25) is 4.68 Å². The van der Waals surface area contributed by atoms with Crippen LogP contribution in [0.25, 0.3) is 10.6 Å². The zero-order valence-electron chi connectivity index (χ0n) is 15.5. The quantitative estimate of drug-likeness (QED) is 0.430. The van der Waals surface area contributed by atoms with Gasteiger partial charge < -0.3 is 14.8 Å². The average Bonchev–Trinajstić information content (AvgIpc) is 3.48. The zero-order valence-corrected chi connectivity index (χ0v) is 17.9. The minimum absolute atomic E-state index is 0.233. The van der Waals surface area contributed by atoms with E-state index in [9.17, 15) is 0 Å². The first-order valence-electron chi connectivity index (χ1n) is 9.00. The van der Waals surface area contributed by atoms with Gasteiger partial charge in [0.1, 0.15) is 5.69 Å². The van der Waals surface area contributed by atoms with Crippen molar-refractivity contribution in [2.45, 2.75) is 20.0 Å². The highest BCUT2D eigenvalue weighted by Crippen LogP contribution is 2.37. The van der Waals surface area contributed by atoms with Crippen molar-refractivity contribution in [3.05, 3.63) is 63.1 Å². The van der Waals surface area contributed by atoms with Crippen LogP contribution < -0.4 is 14.8 Å². The van der Waals surface area contributed by atoms with Crippen LogP contribution in [0.4, 0.5) is 5.13 Å². The van der Waals surface area contributed by atoms with Gasteiger partial charge in [0.2, 0.25) is 6.79 Å². The summed E-state index contributed by atoms with van der Waals surface area (Å²) in [5, 5.41) is 13.8. The topological polar surface area (TPSA) is 61.2 Å². The lowest BCUT2D eigenvalue weighted by Gasteiger charge is -2.07. The van der Waals surface area contributed by atoms with E-state index in [1.165, 1.54) is 5.56 Å². The van der Waals surface area contributed by atoms with Crippen LogP contribution in [0.2, 0.25) is 5.02 Å². The molecule has 0 amide bonds. The van der Waals surface area contributed by atoms with Crippen molar-refractivity contribution in [1.29, 1.82) is 0 Å². The number of thiophene rings is 1. The van der Waals surface area contributed by atoms with Gasteiger partial charge in [-0.1, -0.05) is 22.9 Å². The van der Waals surface area contributed by atoms with Crippen molar-refractivity contribution in [2.75, 3.05) is 12.1 Å². The van der Waals surface area contributed by atoms with Crippen LogP contribution in [-0.4, -0.2) is 21.6 Å². The molecule has 4 heterocycles. The molecule has 0 saturated heterocycles. The fourth-order valence-corrected chi connectivity index (χ4v) is 4.92. The Balaban J connectivity index is 1.30. The summed E-state index contributed by atoms with van der Waals surface area (Å²) in [6.07, 6.45) is 2.01. The van der Waals surface area contributed by atoms with E-state index >= 15 is 0 Å². The first-order valence-corrected chi connectivity index (χ1v) is 11.1. The number of hydrogen-bond acceptors (Lipinski definition) is 7. The van der Waals surface area contributed by atoms with Gasteiger partial charge in [-0.15, -0.1) is 0 Å². The van der Waals surface area contributed by atoms with Gasteiger partial charge in [0, 0.05) is 23.8 Å². The monoisotopic (exact) mass is 444 g/mol. The molecule has 6 nitrogen and oxygen atoms in total. The number of rotatable bonds is 6. The predicted octanol–water partition coefficient (Wildman–Crippen LogP) is 5.42. The number of fused-ring (bicyclic) bond motifs is 1. The molecule has 0 bridgehead atoms. The largest absolute Gasteiger partial charge is 0.454 e. The number of ether oxygens (including phenoxy) is 2. The molecular formula is C20H17ClN4O2S2. The summed E-state index contributed by atoms with van der Waals surface area (Å²) >= 11 is 9.65. The molecule has 0 fully saturated rings. The summed E-state index contributed by atoms with van der Waals surface area (Å²) in [6.45, 7) is 3.56. The van der Waals surface area contributed by atoms with E-state index < -0.39 is 0 Å². The molecule has 0 atom stereocenters. The number of hydrogen-bond donors (Lipinski definition) is 1. The number of benzene rings is 1. The molecule has 4 aromatic rings. The first-order chi connectivity index (χ1) is 14.2. The molecule has 148 valence electrons. The first kappa shape index (κ1) is 18.5. The molecule has 1 N–H and O–H groups in total. The summed E-state index contributed by atoms with van der Waals surface area (Å²) < 4.78 is 12.7. The minimum atomic E-state index is 0.233. The highest BCUT2D eigenvalue weighted by molar-refractivity contribution is 7.19. The van der Waals surface area contributed by atoms with E-state index in [0.29, 0.717) is 17.3 Å². The van der Waals surface area contributed by atoms with Gasteiger partial charge in [-0.25, -0.2) is 4.98 Å². The molecule has 5 rings (SSSR count). The summed E-state index contributed by atoms with van der Waals surface area (Å²) in [5.74, 6) is 1.41. The molecule has 1 aliphatic heterocycles. The van der Waals surface area contributed by atoms with Crippen LogP contribution in [0, 0.1) is 6.92 Å². The number of nitrogens with one attached hydrogen (secondary N) is 1. The Morgan fingerprint density at radius 3 is 2.93 bits per heavy atom. The third kappa shape index (κ3) is 3.83. The molecule has 0 spiro atoms. The SMILES string of the molecule is Cc1nc(NCc2cc3c(cc2Cl)OCO3)sc1-c1ccn(Cc2ccsc2)n1. The van der Waals surface area contributed by atoms with Crippen LogP contribution in [-0.2, 0) is 13.1 Å². The summed E-state index contributed by atoms with van der Waals surface area (Å²) in [7, 11) is 0. The number of aromatic nitrogens is 3. The van der Waals surface area contributed by atoms with Gasteiger partial charge in [-0.05, 0) is 47.0 Å². The molecule has 9 heteroatoms. The standard InChI is InChI=1S/C20H17ClN4O2S2/c1-12-19(16-2-4-25(24-16)9-13-3-5-28-10-13)29-20(23-12)22-8-14-6-17-18(7-15(14)21)27-11-26-17/h2-7,10H,8-9,11H2,1H3,(H,22,23). The number of halogens is 1. The maximum atomic E-state index is 6.36. The smallest absolute Gasteiger partial charge is 0.231 e. The van der Waals surface area contributed by atoms with Gasteiger partial charge in [0.15, 0.2) is 16.6 Å². The van der Waals surface area contributed by atoms with Crippen molar-refractivity contribution in [2.24, 2.45) is 0 Å². The number of thiazole rings is 1. The second-order valence-electron chi connectivity index (χ2n) is 6.61. The molecule has 3 aromatic heterocycles. The third-order valence-electron chi connectivity index (χ3n) is 4.57. The lowest BCUT2D eigenvalue weighted by Crippen LogP contribution is -1.99. The van der Waals surface area contributed by atoms with Crippen LogP contribution in [0.3, 0.4) is 0 Å². The third-order valence-corrected chi connectivity index (χ3v) is 6.79. The van der Waals surface area contributed by atoms with E-state index in [-0.39, 0.29) is 6.79 Å². The average molecular weight is 445 g/mol. The molecule has 1 aliphatic rings. The zero-order chi connectivity index (χ0) is 19.8. The summed E-state index contributed by atoms with van der Waals surface area (Å²) in [5.41, 5.74) is 4.08. The molecular weight excluding hydrogens is 428 g/mol. The molecule has 0 saturated carbocycles. The molecule has 1 aromatic carbocycles. The Morgan fingerprint density at radius 2 is 2.10 bits per heavy atom. The van der Waals surface area contributed by atoms with Crippen molar-refractivity contribution in [3.63, 3.8) is 0 Å². The Morgan fingerprint density at radius 1 is 1.24 bits per heavy atom. The lowest BCUT2D eigenvalue weighted by atomic mass is 10.2. The maximum Gasteiger partial charge on any atom is 0.231 e. The van der Waals surface area contributed by atoms with Crippen molar-refractivity contribution in [3.8, 4) is 22.1 Å². The minimum Gasteiger partial charge on any atom is -0.454 e. The second-order valence-corrected chi connectivity index (χ2v) is 8.80. The van der Waals surface area contributed by atoms with Gasteiger partial charge in [0.25, 0.3) is 0 Å². The van der Waals surface area contributed by atoms with E-state index in [4.69, 9.17) is 26.2 Å². The highest BCUT2D eigenvalue weighted by Gasteiger charge is 2.17. The Labute approximate surface area is 180 Å². The fraction of sp³-hybridized carbons (Fsp3) is 0.200. The van der Waals surface area contributed by atoms with E-state index in [0.717, 1.165) is 39.3 Å². The normalized spacial score (nSPS) is 12.5. The van der Waals surface area contributed by atoms with Crippen molar-refractivity contribution < 1.29 is 9.47 Å². The molecule has 0 radical (unpaired) electrons.